The maximum absolute atomic E-state index is 12.1. The molecule has 3 heteroatoms. The van der Waals surface area contributed by atoms with Crippen molar-refractivity contribution < 1.29 is 4.79 Å². The van der Waals surface area contributed by atoms with E-state index < -0.39 is 0 Å². The number of hydrogen-bond acceptors (Lipinski definition) is 2. The van der Waals surface area contributed by atoms with Gasteiger partial charge in [-0.05, 0) is 26.1 Å². The largest absolute Gasteiger partial charge is 0.351 e. The smallest absolute Gasteiger partial charge is 0.225 e. The lowest BCUT2D eigenvalue weighted by Gasteiger charge is -2.26. The fourth-order valence-electron chi connectivity index (χ4n) is 1.90. The molecule has 1 rings (SSSR count). The predicted octanol–water partition coefficient (Wildman–Crippen LogP) is 2.32. The van der Waals surface area contributed by atoms with Gasteiger partial charge in [-0.3, -0.25) is 4.79 Å². The Balaban J connectivity index is 2.70. The van der Waals surface area contributed by atoms with Crippen LogP contribution in [0.4, 0.5) is 0 Å². The van der Waals surface area contributed by atoms with Gasteiger partial charge < -0.3 is 10.2 Å². The van der Waals surface area contributed by atoms with Gasteiger partial charge in [-0.1, -0.05) is 51.1 Å². The summed E-state index contributed by atoms with van der Waals surface area (Å²) in [5.74, 6) is 0.107. The molecule has 0 unspecified atom stereocenters. The number of benzene rings is 1. The fraction of sp³-hybridized carbons (Fsp3) is 0.562. The Kier molecular flexibility index (Phi) is 5.55. The first-order valence-electron chi connectivity index (χ1n) is 6.78. The highest BCUT2D eigenvalue weighted by Gasteiger charge is 2.24. The second-order valence-corrected chi connectivity index (χ2v) is 6.37. The molecule has 0 saturated heterocycles. The molecule has 0 aliphatic carbocycles. The van der Waals surface area contributed by atoms with Crippen molar-refractivity contribution >= 4 is 5.91 Å². The van der Waals surface area contributed by atoms with Gasteiger partial charge in [-0.2, -0.15) is 0 Å². The summed E-state index contributed by atoms with van der Waals surface area (Å²) in [6, 6.07) is 10.4. The zero-order chi connectivity index (χ0) is 14.5. The number of hydrogen-bond donors (Lipinski definition) is 1. The van der Waals surface area contributed by atoms with Crippen molar-refractivity contribution in [1.82, 2.24) is 10.2 Å². The van der Waals surface area contributed by atoms with Crippen molar-refractivity contribution in [3.63, 3.8) is 0 Å². The van der Waals surface area contributed by atoms with Crippen LogP contribution in [0.15, 0.2) is 30.3 Å². The van der Waals surface area contributed by atoms with E-state index in [4.69, 9.17) is 0 Å². The average Bonchev–Trinajstić information content (AvgIpc) is 2.28. The third-order valence-corrected chi connectivity index (χ3v) is 2.93. The number of carbonyl (C=O) groups excluding carboxylic acids is 1. The molecule has 19 heavy (non-hydrogen) atoms. The van der Waals surface area contributed by atoms with Crippen LogP contribution in [0.5, 0.6) is 0 Å². The van der Waals surface area contributed by atoms with Crippen molar-refractivity contribution in [1.29, 1.82) is 0 Å². The molecule has 1 N–H and O–H groups in total. The molecular formula is C16H26N2O. The summed E-state index contributed by atoms with van der Waals surface area (Å²) in [7, 11) is 4.06. The number of rotatable bonds is 5. The Labute approximate surface area is 117 Å². The Morgan fingerprint density at radius 1 is 1.21 bits per heavy atom. The third kappa shape index (κ3) is 5.88. The highest BCUT2D eigenvalue weighted by Crippen LogP contribution is 2.14. The predicted molar refractivity (Wildman–Crippen MR) is 80.1 cm³/mol. The quantitative estimate of drug-likeness (QED) is 0.883. The van der Waals surface area contributed by atoms with Gasteiger partial charge in [-0.15, -0.1) is 0 Å². The maximum atomic E-state index is 12.1. The molecule has 0 fully saturated rings. The molecule has 1 atom stereocenters. The van der Waals surface area contributed by atoms with E-state index in [-0.39, 0.29) is 17.4 Å². The first kappa shape index (κ1) is 15.7. The number of carbonyl (C=O) groups is 1. The molecule has 0 radical (unpaired) electrons. The highest BCUT2D eigenvalue weighted by atomic mass is 16.2. The second-order valence-electron chi connectivity index (χ2n) is 6.37. The Morgan fingerprint density at radius 3 is 2.26 bits per heavy atom. The Morgan fingerprint density at radius 2 is 1.79 bits per heavy atom. The number of amides is 1. The summed E-state index contributed by atoms with van der Waals surface area (Å²) in [6.45, 7) is 6.67. The Hall–Kier alpha value is -1.35. The van der Waals surface area contributed by atoms with E-state index in [0.717, 1.165) is 13.0 Å². The van der Waals surface area contributed by atoms with Crippen LogP contribution in [-0.2, 0) is 11.2 Å². The van der Waals surface area contributed by atoms with Gasteiger partial charge in [0.15, 0.2) is 0 Å². The minimum absolute atomic E-state index is 0.107. The third-order valence-electron chi connectivity index (χ3n) is 2.93. The van der Waals surface area contributed by atoms with Gasteiger partial charge in [0, 0.05) is 18.0 Å². The maximum Gasteiger partial charge on any atom is 0.225 e. The number of nitrogens with one attached hydrogen (secondary N) is 1. The minimum Gasteiger partial charge on any atom is -0.351 e. The van der Waals surface area contributed by atoms with E-state index in [0.29, 0.717) is 0 Å². The summed E-state index contributed by atoms with van der Waals surface area (Å²) in [6.07, 6.45) is 0.862. The van der Waals surface area contributed by atoms with E-state index >= 15 is 0 Å². The van der Waals surface area contributed by atoms with E-state index in [9.17, 15) is 4.79 Å². The van der Waals surface area contributed by atoms with E-state index in [2.05, 4.69) is 22.3 Å². The SMILES string of the molecule is CN(C)C[C@H](Cc1ccccc1)NC(=O)C(C)(C)C. The van der Waals surface area contributed by atoms with Crippen molar-refractivity contribution in [3.8, 4) is 0 Å². The molecule has 1 aromatic rings. The molecule has 0 heterocycles. The van der Waals surface area contributed by atoms with Gasteiger partial charge in [0.05, 0.1) is 0 Å². The van der Waals surface area contributed by atoms with Crippen molar-refractivity contribution in [2.45, 2.75) is 33.2 Å². The van der Waals surface area contributed by atoms with Crippen LogP contribution in [0, 0.1) is 5.41 Å². The fourth-order valence-corrected chi connectivity index (χ4v) is 1.90. The van der Waals surface area contributed by atoms with Crippen molar-refractivity contribution in [3.05, 3.63) is 35.9 Å². The summed E-state index contributed by atoms with van der Waals surface area (Å²) < 4.78 is 0. The Bertz CT molecular complexity index is 393. The number of nitrogens with zero attached hydrogens (tertiary/aromatic N) is 1. The van der Waals surface area contributed by atoms with Crippen molar-refractivity contribution in [2.75, 3.05) is 20.6 Å². The van der Waals surface area contributed by atoms with Crippen molar-refractivity contribution in [2.24, 2.45) is 5.41 Å². The van der Waals surface area contributed by atoms with Gasteiger partial charge in [0.2, 0.25) is 5.91 Å². The molecule has 0 aromatic heterocycles. The lowest BCUT2D eigenvalue weighted by Crippen LogP contribution is -2.47. The molecule has 3 nitrogen and oxygen atoms in total. The second kappa shape index (κ2) is 6.71. The van der Waals surface area contributed by atoms with Gasteiger partial charge in [0.25, 0.3) is 0 Å². The highest BCUT2D eigenvalue weighted by molar-refractivity contribution is 5.81. The number of likely N-dealkylation sites (N-methyl/N-ethyl adjacent to an activating group) is 1. The summed E-state index contributed by atoms with van der Waals surface area (Å²) >= 11 is 0. The average molecular weight is 262 g/mol. The summed E-state index contributed by atoms with van der Waals surface area (Å²) in [5.41, 5.74) is 0.907. The van der Waals surface area contributed by atoms with Crippen LogP contribution < -0.4 is 5.32 Å². The molecule has 106 valence electrons. The zero-order valence-corrected chi connectivity index (χ0v) is 12.7. The van der Waals surface area contributed by atoms with Crippen LogP contribution >= 0.6 is 0 Å². The van der Waals surface area contributed by atoms with E-state index in [1.807, 2.05) is 53.1 Å². The van der Waals surface area contributed by atoms with Crippen LogP contribution in [-0.4, -0.2) is 37.5 Å². The molecule has 0 bridgehead atoms. The lowest BCUT2D eigenvalue weighted by atomic mass is 9.94. The lowest BCUT2D eigenvalue weighted by molar-refractivity contribution is -0.129. The van der Waals surface area contributed by atoms with Gasteiger partial charge in [-0.25, -0.2) is 0 Å². The standard InChI is InChI=1S/C16H26N2O/c1-16(2,3)15(19)17-14(12-18(4)5)11-13-9-7-6-8-10-13/h6-10,14H,11-12H2,1-5H3,(H,17,19)/t14-/m0/s1. The van der Waals surface area contributed by atoms with E-state index in [1.165, 1.54) is 5.56 Å². The molecular weight excluding hydrogens is 236 g/mol. The molecule has 0 aliphatic rings. The van der Waals surface area contributed by atoms with Gasteiger partial charge >= 0.3 is 0 Å². The van der Waals surface area contributed by atoms with Gasteiger partial charge in [0.1, 0.15) is 0 Å². The topological polar surface area (TPSA) is 32.3 Å². The molecule has 0 aliphatic heterocycles. The minimum atomic E-state index is -0.346. The van der Waals surface area contributed by atoms with E-state index in [1.54, 1.807) is 0 Å². The normalized spacial score (nSPS) is 13.4. The monoisotopic (exact) mass is 262 g/mol. The molecule has 0 saturated carbocycles. The summed E-state index contributed by atoms with van der Waals surface area (Å²) in [5, 5.41) is 3.16. The van der Waals surface area contributed by atoms with Crippen LogP contribution in [0.25, 0.3) is 0 Å². The summed E-state index contributed by atoms with van der Waals surface area (Å²) in [4.78, 5) is 14.2. The van der Waals surface area contributed by atoms with Crippen LogP contribution in [0.2, 0.25) is 0 Å². The van der Waals surface area contributed by atoms with Crippen LogP contribution in [0.1, 0.15) is 26.3 Å². The first-order chi connectivity index (χ1) is 8.79. The molecule has 0 spiro atoms. The molecule has 1 amide bonds. The van der Waals surface area contributed by atoms with Crippen LogP contribution in [0.3, 0.4) is 0 Å². The zero-order valence-electron chi connectivity index (χ0n) is 12.7. The first-order valence-corrected chi connectivity index (χ1v) is 6.78. The molecule has 1 aromatic carbocycles.